The molecule has 0 aliphatic carbocycles. The Balaban J connectivity index is 2.54. The minimum atomic E-state index is -0.888. The number of fused-ring (bicyclic) bond motifs is 1. The molecule has 0 unspecified atom stereocenters. The fourth-order valence-corrected chi connectivity index (χ4v) is 2.55. The highest BCUT2D eigenvalue weighted by Crippen LogP contribution is 2.26. The first-order valence-corrected chi connectivity index (χ1v) is 6.93. The van der Waals surface area contributed by atoms with Gasteiger partial charge < -0.3 is 21.1 Å². The Morgan fingerprint density at radius 1 is 1.20 bits per heavy atom. The molecule has 0 fully saturated rings. The van der Waals surface area contributed by atoms with Gasteiger partial charge in [-0.05, 0) is 50.0 Å². The number of rotatable bonds is 7. The predicted octanol–water partition coefficient (Wildman–Crippen LogP) is 1.58. The number of carboxylic acid groups (broad SMARTS) is 1. The molecule has 0 aliphatic rings. The van der Waals surface area contributed by atoms with Crippen molar-refractivity contribution < 1.29 is 9.90 Å². The van der Waals surface area contributed by atoms with Crippen molar-refractivity contribution >= 4 is 16.9 Å². The molecular weight excluding hydrogens is 254 g/mol. The standard InChI is InChI=1S/C15H21N3O2/c16-7-2-4-11-10-18(9-3-8-17)13-6-1-5-12(14(11)13)15(19)20/h1,5-6,10H,2-4,7-9,16-17H2,(H,19,20). The molecule has 108 valence electrons. The molecule has 0 radical (unpaired) electrons. The summed E-state index contributed by atoms with van der Waals surface area (Å²) in [6.07, 6.45) is 4.57. The Labute approximate surface area is 118 Å². The molecule has 0 aliphatic heterocycles. The quantitative estimate of drug-likeness (QED) is 0.715. The third kappa shape index (κ3) is 2.84. The number of carbonyl (C=O) groups is 1. The molecule has 0 saturated heterocycles. The molecule has 5 N–H and O–H groups in total. The Hall–Kier alpha value is -1.85. The minimum Gasteiger partial charge on any atom is -0.478 e. The van der Waals surface area contributed by atoms with Crippen LogP contribution in [0.1, 0.15) is 28.8 Å². The maximum absolute atomic E-state index is 11.4. The van der Waals surface area contributed by atoms with Crippen LogP contribution < -0.4 is 11.5 Å². The largest absolute Gasteiger partial charge is 0.478 e. The van der Waals surface area contributed by atoms with Crippen LogP contribution in [0.3, 0.4) is 0 Å². The fourth-order valence-electron chi connectivity index (χ4n) is 2.55. The lowest BCUT2D eigenvalue weighted by Gasteiger charge is -2.04. The summed E-state index contributed by atoms with van der Waals surface area (Å²) in [6.45, 7) is 2.03. The van der Waals surface area contributed by atoms with E-state index < -0.39 is 5.97 Å². The number of hydrogen-bond donors (Lipinski definition) is 3. The number of hydrogen-bond acceptors (Lipinski definition) is 3. The van der Waals surface area contributed by atoms with Crippen molar-refractivity contribution in [3.63, 3.8) is 0 Å². The first kappa shape index (κ1) is 14.6. The lowest BCUT2D eigenvalue weighted by molar-refractivity contribution is 0.0699. The van der Waals surface area contributed by atoms with Gasteiger partial charge in [0.25, 0.3) is 0 Å². The average molecular weight is 275 g/mol. The van der Waals surface area contributed by atoms with Gasteiger partial charge in [0, 0.05) is 23.6 Å². The second kappa shape index (κ2) is 6.54. The van der Waals surface area contributed by atoms with E-state index in [1.807, 2.05) is 12.3 Å². The van der Waals surface area contributed by atoms with Crippen molar-refractivity contribution in [1.29, 1.82) is 0 Å². The summed E-state index contributed by atoms with van der Waals surface area (Å²) in [7, 11) is 0. The van der Waals surface area contributed by atoms with Crippen molar-refractivity contribution in [2.75, 3.05) is 13.1 Å². The molecular formula is C15H21N3O2. The highest BCUT2D eigenvalue weighted by Gasteiger charge is 2.15. The maximum atomic E-state index is 11.4. The van der Waals surface area contributed by atoms with Crippen molar-refractivity contribution in [2.45, 2.75) is 25.8 Å². The van der Waals surface area contributed by atoms with Gasteiger partial charge in [-0.2, -0.15) is 0 Å². The summed E-state index contributed by atoms with van der Waals surface area (Å²) in [4.78, 5) is 11.4. The van der Waals surface area contributed by atoms with Gasteiger partial charge in [-0.15, -0.1) is 0 Å². The maximum Gasteiger partial charge on any atom is 0.336 e. The van der Waals surface area contributed by atoms with Gasteiger partial charge >= 0.3 is 5.97 Å². The molecule has 5 nitrogen and oxygen atoms in total. The van der Waals surface area contributed by atoms with Crippen LogP contribution >= 0.6 is 0 Å². The zero-order chi connectivity index (χ0) is 14.5. The number of aryl methyl sites for hydroxylation is 2. The third-order valence-electron chi connectivity index (χ3n) is 3.47. The summed E-state index contributed by atoms with van der Waals surface area (Å²) < 4.78 is 2.10. The van der Waals surface area contributed by atoms with E-state index in [2.05, 4.69) is 4.57 Å². The SMILES string of the molecule is NCCCc1cn(CCCN)c2cccc(C(=O)O)c12. The van der Waals surface area contributed by atoms with Crippen LogP contribution in [0.25, 0.3) is 10.9 Å². The number of aromatic nitrogens is 1. The molecule has 2 aromatic rings. The molecule has 0 saturated carbocycles. The first-order valence-electron chi connectivity index (χ1n) is 6.93. The molecule has 5 heteroatoms. The van der Waals surface area contributed by atoms with E-state index in [0.717, 1.165) is 42.3 Å². The Morgan fingerprint density at radius 2 is 1.95 bits per heavy atom. The van der Waals surface area contributed by atoms with Gasteiger partial charge in [-0.25, -0.2) is 4.79 Å². The lowest BCUT2D eigenvalue weighted by Crippen LogP contribution is -2.05. The van der Waals surface area contributed by atoms with Crippen LogP contribution in [0.2, 0.25) is 0 Å². The number of benzene rings is 1. The third-order valence-corrected chi connectivity index (χ3v) is 3.47. The second-order valence-electron chi connectivity index (χ2n) is 4.89. The molecule has 0 atom stereocenters. The van der Waals surface area contributed by atoms with Gasteiger partial charge in [-0.3, -0.25) is 0 Å². The average Bonchev–Trinajstić information content (AvgIpc) is 2.80. The van der Waals surface area contributed by atoms with Crippen molar-refractivity contribution in [3.8, 4) is 0 Å². The molecule has 20 heavy (non-hydrogen) atoms. The molecule has 0 spiro atoms. The summed E-state index contributed by atoms with van der Waals surface area (Å²) in [5.41, 5.74) is 13.5. The summed E-state index contributed by atoms with van der Waals surface area (Å²) >= 11 is 0. The molecule has 1 aromatic heterocycles. The Morgan fingerprint density at radius 3 is 2.60 bits per heavy atom. The highest BCUT2D eigenvalue weighted by atomic mass is 16.4. The number of carboxylic acids is 1. The van der Waals surface area contributed by atoms with Gasteiger partial charge in [0.15, 0.2) is 0 Å². The van der Waals surface area contributed by atoms with Gasteiger partial charge in [0.05, 0.1) is 5.56 Å². The summed E-state index contributed by atoms with van der Waals surface area (Å²) in [6, 6.07) is 5.41. The smallest absolute Gasteiger partial charge is 0.336 e. The molecule has 0 amide bonds. The van der Waals surface area contributed by atoms with Gasteiger partial charge in [0.2, 0.25) is 0 Å². The first-order chi connectivity index (χ1) is 9.69. The summed E-state index contributed by atoms with van der Waals surface area (Å²) in [5.74, 6) is -0.888. The van der Waals surface area contributed by atoms with Crippen molar-refractivity contribution in [2.24, 2.45) is 11.5 Å². The van der Waals surface area contributed by atoms with Crippen molar-refractivity contribution in [3.05, 3.63) is 35.5 Å². The second-order valence-corrected chi connectivity index (χ2v) is 4.89. The Kier molecular flexibility index (Phi) is 4.76. The molecule has 1 heterocycles. The van der Waals surface area contributed by atoms with E-state index in [1.165, 1.54) is 0 Å². The van der Waals surface area contributed by atoms with Crippen molar-refractivity contribution in [1.82, 2.24) is 4.57 Å². The predicted molar refractivity (Wildman–Crippen MR) is 79.9 cm³/mol. The monoisotopic (exact) mass is 275 g/mol. The number of nitrogens with two attached hydrogens (primary N) is 2. The number of aromatic carboxylic acids is 1. The van der Waals surface area contributed by atoms with E-state index in [1.54, 1.807) is 12.1 Å². The normalized spacial score (nSPS) is 11.1. The van der Waals surface area contributed by atoms with Crippen LogP contribution in [0.4, 0.5) is 0 Å². The van der Waals surface area contributed by atoms with Crippen LogP contribution in [0.5, 0.6) is 0 Å². The van der Waals surface area contributed by atoms with E-state index >= 15 is 0 Å². The van der Waals surface area contributed by atoms with E-state index in [9.17, 15) is 9.90 Å². The van der Waals surface area contributed by atoms with E-state index in [4.69, 9.17) is 11.5 Å². The van der Waals surface area contributed by atoms with E-state index in [-0.39, 0.29) is 0 Å². The minimum absolute atomic E-state index is 0.362. The van der Waals surface area contributed by atoms with Crippen LogP contribution in [-0.2, 0) is 13.0 Å². The zero-order valence-corrected chi connectivity index (χ0v) is 11.5. The van der Waals surface area contributed by atoms with Gasteiger partial charge in [-0.1, -0.05) is 6.07 Å². The van der Waals surface area contributed by atoms with Crippen LogP contribution in [0, 0.1) is 0 Å². The fraction of sp³-hybridized carbons (Fsp3) is 0.400. The Bertz CT molecular complexity index is 604. The van der Waals surface area contributed by atoms with Gasteiger partial charge in [0.1, 0.15) is 0 Å². The van der Waals surface area contributed by atoms with Crippen LogP contribution in [-0.4, -0.2) is 28.7 Å². The molecule has 0 bridgehead atoms. The van der Waals surface area contributed by atoms with E-state index in [0.29, 0.717) is 18.7 Å². The number of nitrogens with zero attached hydrogens (tertiary/aromatic N) is 1. The molecule has 1 aromatic carbocycles. The zero-order valence-electron chi connectivity index (χ0n) is 11.5. The molecule has 2 rings (SSSR count). The van der Waals surface area contributed by atoms with Crippen LogP contribution in [0.15, 0.2) is 24.4 Å². The lowest BCUT2D eigenvalue weighted by atomic mass is 10.0. The highest BCUT2D eigenvalue weighted by molar-refractivity contribution is 6.04. The topological polar surface area (TPSA) is 94.3 Å². The summed E-state index contributed by atoms with van der Waals surface area (Å²) in [5, 5.41) is 10.2.